The van der Waals surface area contributed by atoms with Crippen molar-refractivity contribution in [3.63, 3.8) is 0 Å². The molecule has 1 heterocycles. The van der Waals surface area contributed by atoms with Crippen LogP contribution in [0.25, 0.3) is 0 Å². The molecule has 12 heavy (non-hydrogen) atoms. The van der Waals surface area contributed by atoms with Crippen molar-refractivity contribution in [2.24, 2.45) is 4.99 Å². The quantitative estimate of drug-likeness (QED) is 0.581. The van der Waals surface area contributed by atoms with Crippen LogP contribution in [0.1, 0.15) is 20.3 Å². The van der Waals surface area contributed by atoms with Crippen molar-refractivity contribution in [1.29, 1.82) is 0 Å². The van der Waals surface area contributed by atoms with Gasteiger partial charge in [0.25, 0.3) is 0 Å². The van der Waals surface area contributed by atoms with Gasteiger partial charge < -0.3 is 5.32 Å². The molecule has 0 aromatic carbocycles. The number of hydrogen-bond acceptors (Lipinski definition) is 2. The van der Waals surface area contributed by atoms with Crippen LogP contribution < -0.4 is 5.32 Å². The molecule has 0 aliphatic carbocycles. The summed E-state index contributed by atoms with van der Waals surface area (Å²) >= 11 is 0. The average molecular weight is 164 g/mol. The molecule has 0 spiro atoms. The average Bonchev–Trinajstić information content (AvgIpc) is 2.02. The molecule has 0 radical (unpaired) electrons. The van der Waals surface area contributed by atoms with Crippen LogP contribution in [-0.2, 0) is 0 Å². The second kappa shape index (κ2) is 4.88. The van der Waals surface area contributed by atoms with Crippen LogP contribution in [0.5, 0.6) is 0 Å². The van der Waals surface area contributed by atoms with Crippen LogP contribution in [0, 0.1) is 0 Å². The van der Waals surface area contributed by atoms with E-state index in [2.05, 4.69) is 23.3 Å². The molecule has 0 bridgehead atoms. The van der Waals surface area contributed by atoms with Crippen LogP contribution >= 0.6 is 0 Å². The minimum atomic E-state index is 0.955. The van der Waals surface area contributed by atoms with E-state index in [1.54, 1.807) is 0 Å². The first-order valence-corrected chi connectivity index (χ1v) is 4.37. The zero-order valence-corrected chi connectivity index (χ0v) is 7.80. The maximum absolute atomic E-state index is 4.42. The highest BCUT2D eigenvalue weighted by Crippen LogP contribution is 1.99. The van der Waals surface area contributed by atoms with Crippen LogP contribution in [0.15, 0.2) is 28.9 Å². The molecule has 0 fully saturated rings. The number of aliphatic imine (C=N–C) groups is 1. The molecule has 0 amide bonds. The second-order valence-corrected chi connectivity index (χ2v) is 3.04. The summed E-state index contributed by atoms with van der Waals surface area (Å²) in [6, 6.07) is 0. The topological polar surface area (TPSA) is 24.4 Å². The number of nitrogens with zero attached hydrogens (tertiary/aromatic N) is 1. The molecule has 2 heteroatoms. The summed E-state index contributed by atoms with van der Waals surface area (Å²) in [6.45, 7) is 6.08. The first kappa shape index (κ1) is 9.20. The van der Waals surface area contributed by atoms with Gasteiger partial charge in [0.15, 0.2) is 0 Å². The number of hydrogen-bond donors (Lipinski definition) is 1. The van der Waals surface area contributed by atoms with Crippen molar-refractivity contribution in [2.45, 2.75) is 20.3 Å². The van der Waals surface area contributed by atoms with Crippen molar-refractivity contribution in [3.8, 4) is 0 Å². The van der Waals surface area contributed by atoms with Crippen molar-refractivity contribution in [3.05, 3.63) is 23.9 Å². The largest absolute Gasteiger partial charge is 0.313 e. The lowest BCUT2D eigenvalue weighted by atomic mass is 10.2. The summed E-state index contributed by atoms with van der Waals surface area (Å²) in [4.78, 5) is 4.42. The van der Waals surface area contributed by atoms with Gasteiger partial charge in [-0.25, -0.2) is 0 Å². The number of allylic oxidation sites excluding steroid dienone is 3. The zero-order valence-electron chi connectivity index (χ0n) is 7.80. The third-order valence-corrected chi connectivity index (χ3v) is 1.77. The Morgan fingerprint density at radius 2 is 2.25 bits per heavy atom. The fraction of sp³-hybridized carbons (Fsp3) is 0.500. The first-order chi connectivity index (χ1) is 5.79. The predicted octanol–water partition coefficient (Wildman–Crippen LogP) is 1.90. The number of rotatable bonds is 0. The minimum Gasteiger partial charge on any atom is -0.313 e. The molecular weight excluding hydrogens is 148 g/mol. The van der Waals surface area contributed by atoms with Crippen molar-refractivity contribution in [1.82, 2.24) is 5.32 Å². The summed E-state index contributed by atoms with van der Waals surface area (Å²) in [7, 11) is 0. The van der Waals surface area contributed by atoms with Gasteiger partial charge in [-0.15, -0.1) is 0 Å². The second-order valence-electron chi connectivity index (χ2n) is 3.04. The Labute approximate surface area is 74.1 Å². The van der Waals surface area contributed by atoms with Gasteiger partial charge in [-0.05, 0) is 26.3 Å². The molecule has 0 unspecified atom stereocenters. The fourth-order valence-electron chi connectivity index (χ4n) is 1.12. The molecule has 0 atom stereocenters. The van der Waals surface area contributed by atoms with E-state index in [0.29, 0.717) is 0 Å². The Kier molecular flexibility index (Phi) is 3.74. The molecule has 0 saturated carbocycles. The smallest absolute Gasteiger partial charge is 0.0371 e. The van der Waals surface area contributed by atoms with Crippen molar-refractivity contribution < 1.29 is 0 Å². The summed E-state index contributed by atoms with van der Waals surface area (Å²) in [5, 5.41) is 3.30. The highest BCUT2D eigenvalue weighted by Gasteiger charge is 1.92. The van der Waals surface area contributed by atoms with Gasteiger partial charge in [0.05, 0.1) is 0 Å². The van der Waals surface area contributed by atoms with E-state index in [4.69, 9.17) is 0 Å². The van der Waals surface area contributed by atoms with E-state index in [9.17, 15) is 0 Å². The van der Waals surface area contributed by atoms with Gasteiger partial charge in [0.2, 0.25) is 0 Å². The lowest BCUT2D eigenvalue weighted by Gasteiger charge is -2.03. The Morgan fingerprint density at radius 3 is 3.08 bits per heavy atom. The summed E-state index contributed by atoms with van der Waals surface area (Å²) in [5.74, 6) is 0. The van der Waals surface area contributed by atoms with Crippen LogP contribution in [-0.4, -0.2) is 18.8 Å². The van der Waals surface area contributed by atoms with Gasteiger partial charge >= 0.3 is 0 Å². The van der Waals surface area contributed by atoms with Gasteiger partial charge in [-0.3, -0.25) is 4.99 Å². The standard InChI is InChI=1S/C10H16N2/c1-9-5-3-4-7-11-8-6-10(2)12-9/h3-5,11H,6-8H2,1-2H3/b4-3+,9-5-,12-10+. The lowest BCUT2D eigenvalue weighted by molar-refractivity contribution is 0.767. The van der Waals surface area contributed by atoms with E-state index >= 15 is 0 Å². The number of nitrogens with one attached hydrogen (secondary N) is 1. The molecule has 0 aromatic heterocycles. The van der Waals surface area contributed by atoms with Crippen LogP contribution in [0.3, 0.4) is 0 Å². The summed E-state index contributed by atoms with van der Waals surface area (Å²) in [5.41, 5.74) is 2.29. The van der Waals surface area contributed by atoms with Gasteiger partial charge in [0.1, 0.15) is 0 Å². The molecule has 1 aliphatic rings. The van der Waals surface area contributed by atoms with Gasteiger partial charge in [-0.2, -0.15) is 0 Å². The Hall–Kier alpha value is -0.890. The normalized spacial score (nSPS) is 31.2. The van der Waals surface area contributed by atoms with E-state index in [0.717, 1.165) is 25.2 Å². The Morgan fingerprint density at radius 1 is 1.42 bits per heavy atom. The molecule has 0 aromatic rings. The van der Waals surface area contributed by atoms with Gasteiger partial charge in [0, 0.05) is 24.5 Å². The molecular formula is C10H16N2. The molecule has 66 valence electrons. The van der Waals surface area contributed by atoms with Crippen molar-refractivity contribution >= 4 is 5.71 Å². The van der Waals surface area contributed by atoms with E-state index in [1.807, 2.05) is 19.1 Å². The Balaban J connectivity index is 2.69. The zero-order chi connectivity index (χ0) is 8.81. The maximum Gasteiger partial charge on any atom is 0.0371 e. The van der Waals surface area contributed by atoms with Crippen LogP contribution in [0.2, 0.25) is 0 Å². The van der Waals surface area contributed by atoms with E-state index in [-0.39, 0.29) is 0 Å². The maximum atomic E-state index is 4.42. The lowest BCUT2D eigenvalue weighted by Crippen LogP contribution is -2.17. The monoisotopic (exact) mass is 164 g/mol. The summed E-state index contributed by atoms with van der Waals surface area (Å²) in [6.07, 6.45) is 7.24. The predicted molar refractivity (Wildman–Crippen MR) is 53.5 cm³/mol. The molecule has 1 N–H and O–H groups in total. The summed E-state index contributed by atoms with van der Waals surface area (Å²) < 4.78 is 0. The molecule has 1 rings (SSSR count). The fourth-order valence-corrected chi connectivity index (χ4v) is 1.12. The van der Waals surface area contributed by atoms with E-state index in [1.165, 1.54) is 5.71 Å². The van der Waals surface area contributed by atoms with E-state index < -0.39 is 0 Å². The first-order valence-electron chi connectivity index (χ1n) is 4.37. The molecule has 1 aliphatic heterocycles. The Bertz CT molecular complexity index is 224. The minimum absolute atomic E-state index is 0.955. The third kappa shape index (κ3) is 3.49. The van der Waals surface area contributed by atoms with Crippen LogP contribution in [0.4, 0.5) is 0 Å². The third-order valence-electron chi connectivity index (χ3n) is 1.77. The highest BCUT2D eigenvalue weighted by atomic mass is 14.8. The SMILES string of the molecule is CC1=C/C=C/CNCC\C(C)=N\1. The molecule has 0 saturated heterocycles. The van der Waals surface area contributed by atoms with Gasteiger partial charge in [-0.1, -0.05) is 12.2 Å². The highest BCUT2D eigenvalue weighted by molar-refractivity contribution is 5.83. The van der Waals surface area contributed by atoms with Crippen molar-refractivity contribution in [2.75, 3.05) is 13.1 Å². The molecule has 2 nitrogen and oxygen atoms in total.